The van der Waals surface area contributed by atoms with Crippen molar-refractivity contribution in [3.8, 4) is 11.5 Å². The largest absolute Gasteiger partial charge is 0.486 e. The van der Waals surface area contributed by atoms with Crippen LogP contribution in [0.5, 0.6) is 11.5 Å². The van der Waals surface area contributed by atoms with Crippen molar-refractivity contribution >= 4 is 22.0 Å². The van der Waals surface area contributed by atoms with Gasteiger partial charge in [-0.3, -0.25) is 0 Å². The molecule has 0 N–H and O–H groups in total. The number of aliphatic imine (C=N–C) groups is 1. The minimum atomic E-state index is -0.448. The van der Waals surface area contributed by atoms with Gasteiger partial charge in [0.25, 0.3) is 0 Å². The highest BCUT2D eigenvalue weighted by Gasteiger charge is 2.44. The second-order valence-corrected chi connectivity index (χ2v) is 6.77. The van der Waals surface area contributed by atoms with Crippen LogP contribution >= 0.6 is 15.9 Å². The van der Waals surface area contributed by atoms with Gasteiger partial charge in [0.05, 0.1) is 5.54 Å². The first-order valence-electron chi connectivity index (χ1n) is 7.30. The van der Waals surface area contributed by atoms with Crippen molar-refractivity contribution in [1.82, 2.24) is 0 Å². The van der Waals surface area contributed by atoms with Gasteiger partial charge in [0, 0.05) is 15.6 Å². The summed E-state index contributed by atoms with van der Waals surface area (Å²) in [5.41, 5.74) is 1.71. The quantitative estimate of drug-likeness (QED) is 0.609. The Hall–Kier alpha value is -1.32. The fourth-order valence-corrected chi connectivity index (χ4v) is 4.01. The number of carbonyl (C=O) groups excluding carboxylic acids is 1. The SMILES string of the molecule is CC(C)c1c2c(cc(Br)c1C1(N=C=O)CCC1)OCCO2. The van der Waals surface area contributed by atoms with E-state index < -0.39 is 5.54 Å². The molecule has 4 nitrogen and oxygen atoms in total. The molecule has 0 spiro atoms. The first-order valence-corrected chi connectivity index (χ1v) is 8.10. The number of isocyanates is 1. The van der Waals surface area contributed by atoms with Gasteiger partial charge in [0.2, 0.25) is 6.08 Å². The Balaban J connectivity index is 2.26. The van der Waals surface area contributed by atoms with Gasteiger partial charge in [0.1, 0.15) is 13.2 Å². The lowest BCUT2D eigenvalue weighted by Crippen LogP contribution is -2.34. The van der Waals surface area contributed by atoms with Crippen molar-refractivity contribution in [2.24, 2.45) is 4.99 Å². The lowest BCUT2D eigenvalue weighted by Gasteiger charge is -2.40. The summed E-state index contributed by atoms with van der Waals surface area (Å²) >= 11 is 3.65. The summed E-state index contributed by atoms with van der Waals surface area (Å²) in [6.07, 6.45) is 4.59. The molecule has 21 heavy (non-hydrogen) atoms. The third-order valence-electron chi connectivity index (χ3n) is 4.30. The molecule has 3 rings (SSSR count). The molecule has 0 unspecified atom stereocenters. The fraction of sp³-hybridized carbons (Fsp3) is 0.562. The summed E-state index contributed by atoms with van der Waals surface area (Å²) in [7, 11) is 0. The Morgan fingerprint density at radius 1 is 1.33 bits per heavy atom. The van der Waals surface area contributed by atoms with Gasteiger partial charge in [-0.2, -0.15) is 4.99 Å². The highest BCUT2D eigenvalue weighted by molar-refractivity contribution is 9.10. The zero-order valence-electron chi connectivity index (χ0n) is 12.2. The number of ether oxygens (including phenoxy) is 2. The first-order chi connectivity index (χ1) is 10.1. The smallest absolute Gasteiger partial charge is 0.235 e. The fourth-order valence-electron chi connectivity index (χ4n) is 3.22. The highest BCUT2D eigenvalue weighted by atomic mass is 79.9. The lowest BCUT2D eigenvalue weighted by atomic mass is 9.69. The molecule has 1 aliphatic heterocycles. The molecule has 0 bridgehead atoms. The zero-order valence-corrected chi connectivity index (χ0v) is 13.8. The van der Waals surface area contributed by atoms with Crippen molar-refractivity contribution in [1.29, 1.82) is 0 Å². The number of hydrogen-bond acceptors (Lipinski definition) is 4. The molecule has 1 aromatic carbocycles. The zero-order chi connectivity index (χ0) is 15.0. The monoisotopic (exact) mass is 351 g/mol. The second kappa shape index (κ2) is 5.47. The van der Waals surface area contributed by atoms with Crippen molar-refractivity contribution in [2.45, 2.75) is 44.6 Å². The maximum atomic E-state index is 10.9. The van der Waals surface area contributed by atoms with E-state index in [9.17, 15) is 4.79 Å². The molecule has 1 aromatic rings. The number of halogens is 1. The number of benzene rings is 1. The molecule has 1 heterocycles. The van der Waals surface area contributed by atoms with Gasteiger partial charge in [-0.1, -0.05) is 29.8 Å². The van der Waals surface area contributed by atoms with Crippen LogP contribution in [0.25, 0.3) is 0 Å². The van der Waals surface area contributed by atoms with Gasteiger partial charge >= 0.3 is 0 Å². The Labute approximate surface area is 132 Å². The van der Waals surface area contributed by atoms with Crippen LogP contribution in [0.1, 0.15) is 50.2 Å². The van der Waals surface area contributed by atoms with E-state index in [-0.39, 0.29) is 5.92 Å². The molecule has 1 aliphatic carbocycles. The van der Waals surface area contributed by atoms with Gasteiger partial charge in [-0.05, 0) is 31.2 Å². The average Bonchev–Trinajstić information content (AvgIpc) is 2.41. The molecule has 0 aromatic heterocycles. The van der Waals surface area contributed by atoms with Gasteiger partial charge in [-0.25, -0.2) is 4.79 Å². The van der Waals surface area contributed by atoms with Gasteiger partial charge < -0.3 is 9.47 Å². The maximum absolute atomic E-state index is 10.9. The third-order valence-corrected chi connectivity index (χ3v) is 4.93. The van der Waals surface area contributed by atoms with Crippen LogP contribution in [-0.2, 0) is 10.3 Å². The van der Waals surface area contributed by atoms with Crippen LogP contribution in [0.2, 0.25) is 0 Å². The molecular formula is C16H18BrNO3. The van der Waals surface area contributed by atoms with Gasteiger partial charge in [-0.15, -0.1) is 0 Å². The summed E-state index contributed by atoms with van der Waals surface area (Å²) in [4.78, 5) is 15.1. The van der Waals surface area contributed by atoms with Gasteiger partial charge in [0.15, 0.2) is 11.5 Å². The van der Waals surface area contributed by atoms with E-state index in [2.05, 4.69) is 34.8 Å². The van der Waals surface area contributed by atoms with Crippen molar-refractivity contribution in [3.05, 3.63) is 21.7 Å². The molecule has 0 saturated heterocycles. The average molecular weight is 352 g/mol. The van der Waals surface area contributed by atoms with Crippen LogP contribution in [0.15, 0.2) is 15.5 Å². The molecule has 1 saturated carbocycles. The molecule has 5 heteroatoms. The first kappa shape index (κ1) is 14.6. The molecular weight excluding hydrogens is 334 g/mol. The van der Waals surface area contributed by atoms with Crippen LogP contribution in [0.3, 0.4) is 0 Å². The summed E-state index contributed by atoms with van der Waals surface area (Å²) < 4.78 is 12.5. The number of nitrogens with zero attached hydrogens (tertiary/aromatic N) is 1. The Kier molecular flexibility index (Phi) is 3.80. The standard InChI is InChI=1S/C16H18BrNO3/c1-10(2)13-14(16(18-9-19)4-3-5-16)11(17)8-12-15(13)21-7-6-20-12/h8,10H,3-7H2,1-2H3. The van der Waals surface area contributed by atoms with E-state index in [1.165, 1.54) is 0 Å². The lowest BCUT2D eigenvalue weighted by molar-refractivity contribution is 0.167. The normalized spacial score (nSPS) is 18.9. The van der Waals surface area contributed by atoms with E-state index in [0.717, 1.165) is 46.4 Å². The van der Waals surface area contributed by atoms with E-state index in [4.69, 9.17) is 9.47 Å². The number of fused-ring (bicyclic) bond motifs is 1. The maximum Gasteiger partial charge on any atom is 0.235 e. The molecule has 112 valence electrons. The predicted octanol–water partition coefficient (Wildman–Crippen LogP) is 4.06. The molecule has 0 amide bonds. The summed E-state index contributed by atoms with van der Waals surface area (Å²) in [5.74, 6) is 1.83. The van der Waals surface area contributed by atoms with Crippen LogP contribution in [-0.4, -0.2) is 19.3 Å². The van der Waals surface area contributed by atoms with Crippen molar-refractivity contribution in [2.75, 3.05) is 13.2 Å². The Morgan fingerprint density at radius 2 is 2.05 bits per heavy atom. The Morgan fingerprint density at radius 3 is 2.62 bits per heavy atom. The topological polar surface area (TPSA) is 47.9 Å². The predicted molar refractivity (Wildman–Crippen MR) is 82.9 cm³/mol. The van der Waals surface area contributed by atoms with Crippen molar-refractivity contribution in [3.63, 3.8) is 0 Å². The molecule has 0 radical (unpaired) electrons. The minimum absolute atomic E-state index is 0.257. The van der Waals surface area contributed by atoms with Crippen LogP contribution in [0, 0.1) is 0 Å². The molecule has 1 fully saturated rings. The van der Waals surface area contributed by atoms with Crippen LogP contribution in [0.4, 0.5) is 0 Å². The summed E-state index contributed by atoms with van der Waals surface area (Å²) in [6.45, 7) is 5.37. The van der Waals surface area contributed by atoms with Crippen molar-refractivity contribution < 1.29 is 14.3 Å². The van der Waals surface area contributed by atoms with E-state index in [1.807, 2.05) is 6.07 Å². The molecule has 0 atom stereocenters. The molecule has 2 aliphatic rings. The van der Waals surface area contributed by atoms with Crippen LogP contribution < -0.4 is 9.47 Å². The summed E-state index contributed by atoms with van der Waals surface area (Å²) in [5, 5.41) is 0. The highest BCUT2D eigenvalue weighted by Crippen LogP contribution is 2.54. The summed E-state index contributed by atoms with van der Waals surface area (Å²) in [6, 6.07) is 1.94. The third kappa shape index (κ3) is 2.29. The second-order valence-electron chi connectivity index (χ2n) is 5.91. The van der Waals surface area contributed by atoms with E-state index in [1.54, 1.807) is 6.08 Å². The van der Waals surface area contributed by atoms with E-state index >= 15 is 0 Å². The number of hydrogen-bond donors (Lipinski definition) is 0. The minimum Gasteiger partial charge on any atom is -0.486 e. The van der Waals surface area contributed by atoms with E-state index in [0.29, 0.717) is 13.2 Å². The Bertz CT molecular complexity index is 616. The number of rotatable bonds is 3.